The lowest BCUT2D eigenvalue weighted by molar-refractivity contribution is 0.280. The van der Waals surface area contributed by atoms with Crippen LogP contribution in [0.2, 0.25) is 0 Å². The van der Waals surface area contributed by atoms with E-state index in [1.807, 2.05) is 36.2 Å². The molecule has 0 aromatic heterocycles. The number of hydrogen-bond acceptors (Lipinski definition) is 3. The Morgan fingerprint density at radius 1 is 1.10 bits per heavy atom. The quantitative estimate of drug-likeness (QED) is 0.887. The molecule has 0 saturated carbocycles. The van der Waals surface area contributed by atoms with E-state index in [2.05, 4.69) is 0 Å². The summed E-state index contributed by atoms with van der Waals surface area (Å²) in [4.78, 5) is 2.01. The first kappa shape index (κ1) is 15.5. The summed E-state index contributed by atoms with van der Waals surface area (Å²) in [6.45, 7) is 1.12. The second-order valence-electron chi connectivity index (χ2n) is 5.07. The van der Waals surface area contributed by atoms with Crippen molar-refractivity contribution in [3.05, 3.63) is 65.0 Å². The molecule has 0 fully saturated rings. The van der Waals surface area contributed by atoms with Crippen LogP contribution in [0.1, 0.15) is 16.7 Å². The Hall–Kier alpha value is -1.91. The van der Waals surface area contributed by atoms with Crippen molar-refractivity contribution in [2.75, 3.05) is 14.2 Å². The van der Waals surface area contributed by atoms with E-state index in [-0.39, 0.29) is 12.4 Å². The van der Waals surface area contributed by atoms with Gasteiger partial charge in [-0.3, -0.25) is 4.90 Å². The van der Waals surface area contributed by atoms with Gasteiger partial charge in [0.1, 0.15) is 11.6 Å². The molecule has 0 bridgehead atoms. The maximum absolute atomic E-state index is 13.7. The third-order valence-corrected chi connectivity index (χ3v) is 3.37. The summed E-state index contributed by atoms with van der Waals surface area (Å²) < 4.78 is 19.0. The zero-order valence-electron chi connectivity index (χ0n) is 12.3. The van der Waals surface area contributed by atoms with E-state index >= 15 is 0 Å². The molecule has 0 saturated heterocycles. The fourth-order valence-electron chi connectivity index (χ4n) is 2.32. The summed E-state index contributed by atoms with van der Waals surface area (Å²) in [6.07, 6.45) is 0. The first-order valence-electron chi connectivity index (χ1n) is 6.82. The lowest BCUT2D eigenvalue weighted by Crippen LogP contribution is -2.18. The Bertz CT molecular complexity index is 601. The fraction of sp³-hybridized carbons (Fsp3) is 0.294. The topological polar surface area (TPSA) is 32.7 Å². The number of halogens is 1. The third kappa shape index (κ3) is 4.03. The molecule has 21 heavy (non-hydrogen) atoms. The Labute approximate surface area is 124 Å². The average molecular weight is 289 g/mol. The van der Waals surface area contributed by atoms with E-state index < -0.39 is 0 Å². The van der Waals surface area contributed by atoms with E-state index in [1.165, 1.54) is 6.07 Å². The van der Waals surface area contributed by atoms with E-state index in [0.29, 0.717) is 18.7 Å². The molecule has 1 N–H and O–H groups in total. The van der Waals surface area contributed by atoms with Crippen LogP contribution in [0, 0.1) is 5.82 Å². The van der Waals surface area contributed by atoms with Crippen molar-refractivity contribution in [2.24, 2.45) is 0 Å². The van der Waals surface area contributed by atoms with Crippen molar-refractivity contribution in [1.29, 1.82) is 0 Å². The van der Waals surface area contributed by atoms with Crippen LogP contribution in [0.5, 0.6) is 5.75 Å². The van der Waals surface area contributed by atoms with Crippen molar-refractivity contribution in [1.82, 2.24) is 4.90 Å². The highest BCUT2D eigenvalue weighted by atomic mass is 19.1. The van der Waals surface area contributed by atoms with Crippen LogP contribution in [-0.4, -0.2) is 24.2 Å². The van der Waals surface area contributed by atoms with Crippen LogP contribution < -0.4 is 4.74 Å². The summed E-state index contributed by atoms with van der Waals surface area (Å²) in [5.74, 6) is 0.577. The molecule has 0 aliphatic rings. The number of aliphatic hydroxyl groups excluding tert-OH is 1. The SMILES string of the molecule is COc1ccc(CO)cc1CN(C)Cc1ccccc1F. The molecule has 0 aliphatic carbocycles. The van der Waals surface area contributed by atoms with Gasteiger partial charge in [-0.1, -0.05) is 24.3 Å². The van der Waals surface area contributed by atoms with E-state index in [1.54, 1.807) is 19.2 Å². The molecule has 0 radical (unpaired) electrons. The maximum Gasteiger partial charge on any atom is 0.127 e. The lowest BCUT2D eigenvalue weighted by Gasteiger charge is -2.19. The van der Waals surface area contributed by atoms with Gasteiger partial charge in [-0.2, -0.15) is 0 Å². The number of hydrogen-bond donors (Lipinski definition) is 1. The molecule has 0 atom stereocenters. The largest absolute Gasteiger partial charge is 0.496 e. The first-order valence-corrected chi connectivity index (χ1v) is 6.82. The van der Waals surface area contributed by atoms with E-state index in [4.69, 9.17) is 4.74 Å². The minimum absolute atomic E-state index is 0.00593. The second-order valence-corrected chi connectivity index (χ2v) is 5.07. The van der Waals surface area contributed by atoms with Crippen LogP contribution in [0.15, 0.2) is 42.5 Å². The van der Waals surface area contributed by atoms with Gasteiger partial charge in [0.05, 0.1) is 13.7 Å². The predicted molar refractivity (Wildman–Crippen MR) is 80.5 cm³/mol. The Morgan fingerprint density at radius 2 is 1.81 bits per heavy atom. The molecule has 4 heteroatoms. The zero-order chi connectivity index (χ0) is 15.2. The van der Waals surface area contributed by atoms with Gasteiger partial charge < -0.3 is 9.84 Å². The number of aliphatic hydroxyl groups is 1. The maximum atomic E-state index is 13.7. The smallest absolute Gasteiger partial charge is 0.127 e. The number of methoxy groups -OCH3 is 1. The highest BCUT2D eigenvalue weighted by Gasteiger charge is 2.10. The number of nitrogens with zero attached hydrogens (tertiary/aromatic N) is 1. The number of rotatable bonds is 6. The molecule has 2 aromatic carbocycles. The molecular weight excluding hydrogens is 269 g/mol. The third-order valence-electron chi connectivity index (χ3n) is 3.37. The average Bonchev–Trinajstić information content (AvgIpc) is 2.49. The Balaban J connectivity index is 2.12. The molecule has 2 rings (SSSR count). The van der Waals surface area contributed by atoms with Gasteiger partial charge in [-0.25, -0.2) is 4.39 Å². The summed E-state index contributed by atoms with van der Waals surface area (Å²) in [6, 6.07) is 12.4. The van der Waals surface area contributed by atoms with Crippen molar-refractivity contribution in [2.45, 2.75) is 19.7 Å². The van der Waals surface area contributed by atoms with Crippen molar-refractivity contribution < 1.29 is 14.2 Å². The van der Waals surface area contributed by atoms with Gasteiger partial charge in [0.2, 0.25) is 0 Å². The molecule has 0 spiro atoms. The van der Waals surface area contributed by atoms with Gasteiger partial charge in [-0.05, 0) is 30.8 Å². The monoisotopic (exact) mass is 289 g/mol. The second kappa shape index (κ2) is 7.20. The Kier molecular flexibility index (Phi) is 5.31. The van der Waals surface area contributed by atoms with Crippen LogP contribution in [-0.2, 0) is 19.7 Å². The normalized spacial score (nSPS) is 10.9. The molecule has 112 valence electrons. The van der Waals surface area contributed by atoms with E-state index in [9.17, 15) is 9.50 Å². The summed E-state index contributed by atoms with van der Waals surface area (Å²) in [7, 11) is 3.55. The highest BCUT2D eigenvalue weighted by Crippen LogP contribution is 2.22. The summed E-state index contributed by atoms with van der Waals surface area (Å²) >= 11 is 0. The molecule has 2 aromatic rings. The summed E-state index contributed by atoms with van der Waals surface area (Å²) in [5.41, 5.74) is 2.48. The molecule has 0 unspecified atom stereocenters. The predicted octanol–water partition coefficient (Wildman–Crippen LogP) is 2.96. The van der Waals surface area contributed by atoms with Crippen LogP contribution in [0.3, 0.4) is 0 Å². The molecule has 0 aliphatic heterocycles. The molecule has 0 heterocycles. The van der Waals surface area contributed by atoms with Crippen LogP contribution in [0.4, 0.5) is 4.39 Å². The number of ether oxygens (including phenoxy) is 1. The fourth-order valence-corrected chi connectivity index (χ4v) is 2.32. The number of benzene rings is 2. The van der Waals surface area contributed by atoms with Crippen molar-refractivity contribution in [3.63, 3.8) is 0 Å². The molecule has 3 nitrogen and oxygen atoms in total. The zero-order valence-corrected chi connectivity index (χ0v) is 12.3. The van der Waals surface area contributed by atoms with Gasteiger partial charge in [0, 0.05) is 24.2 Å². The minimum atomic E-state index is -0.194. The van der Waals surface area contributed by atoms with E-state index in [0.717, 1.165) is 16.9 Å². The highest BCUT2D eigenvalue weighted by molar-refractivity contribution is 5.37. The van der Waals surface area contributed by atoms with Crippen molar-refractivity contribution in [3.8, 4) is 5.75 Å². The van der Waals surface area contributed by atoms with Gasteiger partial charge >= 0.3 is 0 Å². The lowest BCUT2D eigenvalue weighted by atomic mass is 10.1. The van der Waals surface area contributed by atoms with Crippen molar-refractivity contribution >= 4 is 0 Å². The standard InChI is InChI=1S/C17H20FNO2/c1-19(10-14-5-3-4-6-16(14)18)11-15-9-13(12-20)7-8-17(15)21-2/h3-9,20H,10-12H2,1-2H3. The van der Waals surface area contributed by atoms with Crippen LogP contribution in [0.25, 0.3) is 0 Å². The van der Waals surface area contributed by atoms with Gasteiger partial charge in [-0.15, -0.1) is 0 Å². The van der Waals surface area contributed by atoms with Crippen LogP contribution >= 0.6 is 0 Å². The minimum Gasteiger partial charge on any atom is -0.496 e. The molecular formula is C17H20FNO2. The Morgan fingerprint density at radius 3 is 2.48 bits per heavy atom. The first-order chi connectivity index (χ1) is 10.1. The molecule has 0 amide bonds. The van der Waals surface area contributed by atoms with Gasteiger partial charge in [0.15, 0.2) is 0 Å². The summed E-state index contributed by atoms with van der Waals surface area (Å²) in [5, 5.41) is 9.23. The van der Waals surface area contributed by atoms with Gasteiger partial charge in [0.25, 0.3) is 0 Å².